The van der Waals surface area contributed by atoms with Crippen LogP contribution in [0.25, 0.3) is 0 Å². The summed E-state index contributed by atoms with van der Waals surface area (Å²) in [5.74, 6) is 0.386. The normalized spacial score (nSPS) is 9.80. The molecule has 0 saturated heterocycles. The molecule has 0 spiro atoms. The van der Waals surface area contributed by atoms with E-state index in [0.29, 0.717) is 12.2 Å². The molecule has 3 nitrogen and oxygen atoms in total. The number of aryl methyl sites for hydroxylation is 1. The lowest BCUT2D eigenvalue weighted by molar-refractivity contribution is 0.0600. The number of ether oxygens (including phenoxy) is 2. The lowest BCUT2D eigenvalue weighted by Gasteiger charge is -2.07. The highest BCUT2D eigenvalue weighted by atomic mass is 16.5. The van der Waals surface area contributed by atoms with Gasteiger partial charge in [-0.05, 0) is 37.1 Å². The molecular weight excluding hydrogens is 192 g/mol. The minimum absolute atomic E-state index is 0.333. The average Bonchev–Trinajstić information content (AvgIpc) is 2.24. The summed E-state index contributed by atoms with van der Waals surface area (Å²) in [7, 11) is 1.37. The molecule has 0 unspecified atom stereocenters. The van der Waals surface area contributed by atoms with Crippen LogP contribution in [-0.4, -0.2) is 19.7 Å². The molecular formula is C12H16O3. The molecule has 0 aromatic heterocycles. The van der Waals surface area contributed by atoms with E-state index in [1.165, 1.54) is 7.11 Å². The number of carbonyl (C=O) groups excluding carboxylic acids is 1. The van der Waals surface area contributed by atoms with Crippen LogP contribution < -0.4 is 4.74 Å². The number of rotatable bonds is 4. The third kappa shape index (κ3) is 3.27. The Balaban J connectivity index is 2.89. The van der Waals surface area contributed by atoms with Crippen LogP contribution in [-0.2, 0) is 4.74 Å². The van der Waals surface area contributed by atoms with Crippen molar-refractivity contribution in [1.82, 2.24) is 0 Å². The van der Waals surface area contributed by atoms with Gasteiger partial charge >= 0.3 is 5.97 Å². The van der Waals surface area contributed by atoms with Crippen LogP contribution in [0.3, 0.4) is 0 Å². The maximum atomic E-state index is 11.3. The molecule has 1 aromatic rings. The molecule has 0 atom stereocenters. The first-order valence-electron chi connectivity index (χ1n) is 5.00. The molecule has 0 saturated carbocycles. The summed E-state index contributed by atoms with van der Waals surface area (Å²) in [5, 5.41) is 0. The Bertz CT molecular complexity index is 345. The van der Waals surface area contributed by atoms with Gasteiger partial charge in [-0.25, -0.2) is 4.79 Å². The number of methoxy groups -OCH3 is 1. The maximum absolute atomic E-state index is 11.3. The van der Waals surface area contributed by atoms with Crippen LogP contribution >= 0.6 is 0 Å². The summed E-state index contributed by atoms with van der Waals surface area (Å²) in [5.41, 5.74) is 1.52. The van der Waals surface area contributed by atoms with Gasteiger partial charge in [-0.2, -0.15) is 0 Å². The van der Waals surface area contributed by atoms with Crippen molar-refractivity contribution in [3.8, 4) is 5.75 Å². The molecule has 0 amide bonds. The van der Waals surface area contributed by atoms with Crippen LogP contribution in [0.1, 0.15) is 29.3 Å². The summed E-state index contributed by atoms with van der Waals surface area (Å²) in [6.07, 6.45) is 0.946. The van der Waals surface area contributed by atoms with E-state index >= 15 is 0 Å². The first-order chi connectivity index (χ1) is 7.17. The number of benzene rings is 1. The molecule has 0 heterocycles. The number of hydrogen-bond acceptors (Lipinski definition) is 3. The number of esters is 1. The Kier molecular flexibility index (Phi) is 4.16. The van der Waals surface area contributed by atoms with E-state index in [0.717, 1.165) is 17.7 Å². The fourth-order valence-corrected chi connectivity index (χ4v) is 1.29. The summed E-state index contributed by atoms with van der Waals surface area (Å²) >= 11 is 0. The zero-order valence-corrected chi connectivity index (χ0v) is 9.37. The topological polar surface area (TPSA) is 35.5 Å². The second kappa shape index (κ2) is 5.39. The van der Waals surface area contributed by atoms with Gasteiger partial charge in [0.1, 0.15) is 5.75 Å². The average molecular weight is 208 g/mol. The zero-order valence-electron chi connectivity index (χ0n) is 9.37. The first-order valence-corrected chi connectivity index (χ1v) is 5.00. The fraction of sp³-hybridized carbons (Fsp3) is 0.417. The highest BCUT2D eigenvalue weighted by Crippen LogP contribution is 2.17. The molecule has 0 fully saturated rings. The van der Waals surface area contributed by atoms with Crippen molar-refractivity contribution < 1.29 is 14.3 Å². The van der Waals surface area contributed by atoms with E-state index in [4.69, 9.17) is 4.74 Å². The van der Waals surface area contributed by atoms with Crippen LogP contribution in [0.5, 0.6) is 5.75 Å². The van der Waals surface area contributed by atoms with E-state index in [1.807, 2.05) is 19.9 Å². The van der Waals surface area contributed by atoms with Crippen LogP contribution in [0.15, 0.2) is 18.2 Å². The number of carbonyl (C=O) groups is 1. The van der Waals surface area contributed by atoms with Gasteiger partial charge in [-0.3, -0.25) is 0 Å². The summed E-state index contributed by atoms with van der Waals surface area (Å²) in [6, 6.07) is 5.39. The molecule has 3 heteroatoms. The zero-order chi connectivity index (χ0) is 11.3. The van der Waals surface area contributed by atoms with Crippen molar-refractivity contribution in [3.05, 3.63) is 29.3 Å². The second-order valence-corrected chi connectivity index (χ2v) is 3.37. The fourth-order valence-electron chi connectivity index (χ4n) is 1.29. The van der Waals surface area contributed by atoms with Crippen LogP contribution in [0.2, 0.25) is 0 Å². The van der Waals surface area contributed by atoms with Crippen LogP contribution in [0.4, 0.5) is 0 Å². The lowest BCUT2D eigenvalue weighted by Crippen LogP contribution is -2.03. The predicted octanol–water partition coefficient (Wildman–Crippen LogP) is 2.57. The van der Waals surface area contributed by atoms with Crippen molar-refractivity contribution in [1.29, 1.82) is 0 Å². The molecule has 0 N–H and O–H groups in total. The third-order valence-corrected chi connectivity index (χ3v) is 1.94. The van der Waals surface area contributed by atoms with E-state index in [2.05, 4.69) is 4.74 Å². The Morgan fingerprint density at radius 1 is 1.33 bits per heavy atom. The smallest absolute Gasteiger partial charge is 0.337 e. The van der Waals surface area contributed by atoms with Crippen molar-refractivity contribution in [2.75, 3.05) is 13.7 Å². The largest absolute Gasteiger partial charge is 0.494 e. The van der Waals surface area contributed by atoms with Gasteiger partial charge in [0.2, 0.25) is 0 Å². The highest BCUT2D eigenvalue weighted by molar-refractivity contribution is 5.90. The molecule has 0 radical (unpaired) electrons. The molecule has 0 aliphatic rings. The van der Waals surface area contributed by atoms with Gasteiger partial charge in [0, 0.05) is 0 Å². The third-order valence-electron chi connectivity index (χ3n) is 1.94. The molecule has 1 rings (SSSR count). The van der Waals surface area contributed by atoms with Crippen LogP contribution in [0, 0.1) is 6.92 Å². The minimum Gasteiger partial charge on any atom is -0.494 e. The highest BCUT2D eigenvalue weighted by Gasteiger charge is 2.07. The van der Waals surface area contributed by atoms with Crippen molar-refractivity contribution >= 4 is 5.97 Å². The lowest BCUT2D eigenvalue weighted by atomic mass is 10.1. The summed E-state index contributed by atoms with van der Waals surface area (Å²) in [6.45, 7) is 4.62. The molecule has 0 bridgehead atoms. The minimum atomic E-state index is -0.333. The predicted molar refractivity (Wildman–Crippen MR) is 58.3 cm³/mol. The van der Waals surface area contributed by atoms with Crippen molar-refractivity contribution in [3.63, 3.8) is 0 Å². The Morgan fingerprint density at radius 3 is 2.67 bits per heavy atom. The monoisotopic (exact) mass is 208 g/mol. The van der Waals surface area contributed by atoms with Gasteiger partial charge in [0.15, 0.2) is 0 Å². The standard InChI is InChI=1S/C12H16O3/c1-4-5-15-11-7-9(2)6-10(8-11)12(13)14-3/h6-8H,4-5H2,1-3H3. The SMILES string of the molecule is CCCOc1cc(C)cc(C(=O)OC)c1. The Morgan fingerprint density at radius 2 is 2.07 bits per heavy atom. The number of hydrogen-bond donors (Lipinski definition) is 0. The molecule has 82 valence electrons. The molecule has 0 aliphatic carbocycles. The Labute approximate surface area is 90.0 Å². The van der Waals surface area contributed by atoms with E-state index in [1.54, 1.807) is 12.1 Å². The molecule has 0 aliphatic heterocycles. The maximum Gasteiger partial charge on any atom is 0.337 e. The van der Waals surface area contributed by atoms with Gasteiger partial charge in [-0.1, -0.05) is 6.92 Å². The van der Waals surface area contributed by atoms with Gasteiger partial charge < -0.3 is 9.47 Å². The van der Waals surface area contributed by atoms with Gasteiger partial charge in [-0.15, -0.1) is 0 Å². The summed E-state index contributed by atoms with van der Waals surface area (Å²) in [4.78, 5) is 11.3. The van der Waals surface area contributed by atoms with E-state index in [-0.39, 0.29) is 5.97 Å². The first kappa shape index (κ1) is 11.6. The van der Waals surface area contributed by atoms with Crippen molar-refractivity contribution in [2.24, 2.45) is 0 Å². The quantitative estimate of drug-likeness (QED) is 0.713. The van der Waals surface area contributed by atoms with Gasteiger partial charge in [0.05, 0.1) is 19.3 Å². The molecule has 15 heavy (non-hydrogen) atoms. The van der Waals surface area contributed by atoms with E-state index < -0.39 is 0 Å². The van der Waals surface area contributed by atoms with Gasteiger partial charge in [0.25, 0.3) is 0 Å². The second-order valence-electron chi connectivity index (χ2n) is 3.37. The van der Waals surface area contributed by atoms with Crippen molar-refractivity contribution in [2.45, 2.75) is 20.3 Å². The molecule has 1 aromatic carbocycles. The summed E-state index contributed by atoms with van der Waals surface area (Å²) < 4.78 is 10.1. The Hall–Kier alpha value is -1.51. The van der Waals surface area contributed by atoms with E-state index in [9.17, 15) is 4.79 Å².